The molecule has 0 aliphatic carbocycles. The number of rotatable bonds is 6. The molecule has 0 amide bonds. The van der Waals surface area contributed by atoms with Gasteiger partial charge in [-0.15, -0.1) is 0 Å². The van der Waals surface area contributed by atoms with Crippen LogP contribution < -0.4 is 5.32 Å². The summed E-state index contributed by atoms with van der Waals surface area (Å²) in [6.07, 6.45) is 3.45. The monoisotopic (exact) mass is 330 g/mol. The zero-order valence-corrected chi connectivity index (χ0v) is 13.6. The third-order valence-electron chi connectivity index (χ3n) is 4.03. The summed E-state index contributed by atoms with van der Waals surface area (Å²) in [5.74, 6) is 2.28. The predicted octanol–water partition coefficient (Wildman–Crippen LogP) is 4.81. The first kappa shape index (κ1) is 15.4. The summed E-state index contributed by atoms with van der Waals surface area (Å²) >= 11 is 0. The second-order valence-electron chi connectivity index (χ2n) is 5.72. The number of benzene rings is 2. The van der Waals surface area contributed by atoms with E-state index in [2.05, 4.69) is 22.4 Å². The van der Waals surface area contributed by atoms with Crippen LogP contribution in [0.2, 0.25) is 0 Å². The second-order valence-corrected chi connectivity index (χ2v) is 5.72. The Hall–Kier alpha value is -3.11. The molecule has 2 aromatic heterocycles. The minimum atomic E-state index is -0.0525. The van der Waals surface area contributed by atoms with Gasteiger partial charge >= 0.3 is 0 Å². The van der Waals surface area contributed by atoms with Crippen molar-refractivity contribution in [1.82, 2.24) is 10.3 Å². The van der Waals surface area contributed by atoms with Crippen molar-refractivity contribution in [3.05, 3.63) is 102 Å². The molecule has 0 radical (unpaired) electrons. The van der Waals surface area contributed by atoms with Crippen molar-refractivity contribution < 1.29 is 8.83 Å². The van der Waals surface area contributed by atoms with E-state index < -0.39 is 0 Å². The standard InChI is InChI=1S/C21H18N2O2/c1-3-8-16(9-4-1)19-14-22-20(25-19)15-23-21(18-12-7-13-24-18)17-10-5-2-6-11-17/h1-14,21,23H,15H2/t21-/m0/s1. The number of nitrogens with one attached hydrogen (secondary N) is 1. The zero-order valence-electron chi connectivity index (χ0n) is 13.6. The van der Waals surface area contributed by atoms with E-state index in [1.54, 1.807) is 12.5 Å². The van der Waals surface area contributed by atoms with Gasteiger partial charge < -0.3 is 8.83 Å². The molecular formula is C21H18N2O2. The average molecular weight is 330 g/mol. The van der Waals surface area contributed by atoms with E-state index in [9.17, 15) is 0 Å². The molecule has 0 aliphatic rings. The van der Waals surface area contributed by atoms with Gasteiger partial charge in [-0.25, -0.2) is 4.98 Å². The van der Waals surface area contributed by atoms with E-state index in [0.717, 1.165) is 22.6 Å². The molecule has 25 heavy (non-hydrogen) atoms. The first-order valence-electron chi connectivity index (χ1n) is 8.22. The first-order valence-corrected chi connectivity index (χ1v) is 8.22. The van der Waals surface area contributed by atoms with E-state index in [1.807, 2.05) is 60.7 Å². The number of hydrogen-bond donors (Lipinski definition) is 1. The van der Waals surface area contributed by atoms with Crippen LogP contribution in [0, 0.1) is 0 Å². The highest BCUT2D eigenvalue weighted by atomic mass is 16.4. The number of furan rings is 1. The van der Waals surface area contributed by atoms with Crippen molar-refractivity contribution in [1.29, 1.82) is 0 Å². The maximum atomic E-state index is 5.87. The summed E-state index contributed by atoms with van der Waals surface area (Å²) in [4.78, 5) is 4.38. The molecule has 2 heterocycles. The molecule has 4 heteroatoms. The maximum Gasteiger partial charge on any atom is 0.208 e. The van der Waals surface area contributed by atoms with Gasteiger partial charge in [0.25, 0.3) is 0 Å². The summed E-state index contributed by atoms with van der Waals surface area (Å²) in [7, 11) is 0. The molecule has 0 aliphatic heterocycles. The summed E-state index contributed by atoms with van der Waals surface area (Å²) in [6.45, 7) is 0.507. The molecule has 0 saturated heterocycles. The van der Waals surface area contributed by atoms with Gasteiger partial charge in [-0.05, 0) is 17.7 Å². The van der Waals surface area contributed by atoms with Gasteiger partial charge in [-0.1, -0.05) is 60.7 Å². The zero-order chi connectivity index (χ0) is 16.9. The molecule has 2 aromatic carbocycles. The third-order valence-corrected chi connectivity index (χ3v) is 4.03. The SMILES string of the molecule is c1ccc(-c2cnc(CN[C@@H](c3ccccc3)c3ccco3)o2)cc1. The highest BCUT2D eigenvalue weighted by molar-refractivity contribution is 5.55. The number of aromatic nitrogens is 1. The van der Waals surface area contributed by atoms with Crippen molar-refractivity contribution in [2.45, 2.75) is 12.6 Å². The van der Waals surface area contributed by atoms with Crippen LogP contribution in [0.5, 0.6) is 0 Å². The number of oxazole rings is 1. The van der Waals surface area contributed by atoms with Gasteiger partial charge in [0.15, 0.2) is 5.76 Å². The Labute approximate surface area is 146 Å². The molecule has 0 unspecified atom stereocenters. The molecule has 4 rings (SSSR count). The van der Waals surface area contributed by atoms with Crippen LogP contribution in [-0.4, -0.2) is 4.98 Å². The van der Waals surface area contributed by atoms with Crippen LogP contribution in [0.15, 0.2) is 94.1 Å². The Morgan fingerprint density at radius 3 is 2.36 bits per heavy atom. The fourth-order valence-electron chi connectivity index (χ4n) is 2.80. The van der Waals surface area contributed by atoms with Gasteiger partial charge in [-0.2, -0.15) is 0 Å². The third kappa shape index (κ3) is 3.54. The molecule has 1 atom stereocenters. The average Bonchev–Trinajstić information content (AvgIpc) is 3.36. The summed E-state index contributed by atoms with van der Waals surface area (Å²) < 4.78 is 11.5. The Kier molecular flexibility index (Phi) is 4.44. The molecule has 0 fully saturated rings. The molecule has 4 aromatic rings. The lowest BCUT2D eigenvalue weighted by atomic mass is 10.0. The van der Waals surface area contributed by atoms with E-state index in [1.165, 1.54) is 0 Å². The number of hydrogen-bond acceptors (Lipinski definition) is 4. The lowest BCUT2D eigenvalue weighted by Crippen LogP contribution is -2.21. The van der Waals surface area contributed by atoms with Crippen LogP contribution in [0.25, 0.3) is 11.3 Å². The van der Waals surface area contributed by atoms with Crippen LogP contribution in [0.1, 0.15) is 23.3 Å². The first-order chi connectivity index (χ1) is 12.4. The molecular weight excluding hydrogens is 312 g/mol. The fourth-order valence-corrected chi connectivity index (χ4v) is 2.80. The summed E-state index contributed by atoms with van der Waals surface area (Å²) in [5.41, 5.74) is 2.15. The van der Waals surface area contributed by atoms with Crippen molar-refractivity contribution in [2.75, 3.05) is 0 Å². The van der Waals surface area contributed by atoms with E-state index in [-0.39, 0.29) is 6.04 Å². The predicted molar refractivity (Wildman–Crippen MR) is 95.8 cm³/mol. The van der Waals surface area contributed by atoms with Crippen LogP contribution in [0.4, 0.5) is 0 Å². The summed E-state index contributed by atoms with van der Waals surface area (Å²) in [6, 6.07) is 24.0. The van der Waals surface area contributed by atoms with Crippen molar-refractivity contribution in [3.63, 3.8) is 0 Å². The smallest absolute Gasteiger partial charge is 0.208 e. The van der Waals surface area contributed by atoms with Gasteiger partial charge in [0.05, 0.1) is 25.0 Å². The lowest BCUT2D eigenvalue weighted by Gasteiger charge is -2.16. The van der Waals surface area contributed by atoms with E-state index in [0.29, 0.717) is 12.4 Å². The Bertz CT molecular complexity index is 900. The Morgan fingerprint density at radius 1 is 0.880 bits per heavy atom. The van der Waals surface area contributed by atoms with Crippen molar-refractivity contribution in [3.8, 4) is 11.3 Å². The van der Waals surface area contributed by atoms with Crippen molar-refractivity contribution in [2.24, 2.45) is 0 Å². The molecule has 0 bridgehead atoms. The largest absolute Gasteiger partial charge is 0.467 e. The second kappa shape index (κ2) is 7.20. The minimum absolute atomic E-state index is 0.0525. The topological polar surface area (TPSA) is 51.2 Å². The molecule has 0 saturated carbocycles. The molecule has 4 nitrogen and oxygen atoms in total. The fraction of sp³-hybridized carbons (Fsp3) is 0.0952. The number of nitrogens with zero attached hydrogens (tertiary/aromatic N) is 1. The van der Waals surface area contributed by atoms with Crippen LogP contribution in [-0.2, 0) is 6.54 Å². The quantitative estimate of drug-likeness (QED) is 0.551. The normalized spacial score (nSPS) is 12.2. The lowest BCUT2D eigenvalue weighted by molar-refractivity contribution is 0.416. The molecule has 124 valence electrons. The van der Waals surface area contributed by atoms with Gasteiger partial charge in [-0.3, -0.25) is 5.32 Å². The minimum Gasteiger partial charge on any atom is -0.467 e. The molecule has 0 spiro atoms. The van der Waals surface area contributed by atoms with Crippen LogP contribution >= 0.6 is 0 Å². The van der Waals surface area contributed by atoms with E-state index in [4.69, 9.17) is 8.83 Å². The highest BCUT2D eigenvalue weighted by Crippen LogP contribution is 2.24. The Balaban J connectivity index is 1.51. The van der Waals surface area contributed by atoms with Crippen LogP contribution in [0.3, 0.4) is 0 Å². The van der Waals surface area contributed by atoms with Crippen molar-refractivity contribution >= 4 is 0 Å². The van der Waals surface area contributed by atoms with Gasteiger partial charge in [0.2, 0.25) is 5.89 Å². The van der Waals surface area contributed by atoms with Gasteiger partial charge in [0.1, 0.15) is 5.76 Å². The molecule has 1 N–H and O–H groups in total. The Morgan fingerprint density at radius 2 is 1.64 bits per heavy atom. The van der Waals surface area contributed by atoms with E-state index >= 15 is 0 Å². The summed E-state index contributed by atoms with van der Waals surface area (Å²) in [5, 5.41) is 3.47. The highest BCUT2D eigenvalue weighted by Gasteiger charge is 2.17. The van der Waals surface area contributed by atoms with Gasteiger partial charge in [0, 0.05) is 5.56 Å². The maximum absolute atomic E-state index is 5.87.